The predicted molar refractivity (Wildman–Crippen MR) is 311 cm³/mol. The highest BCUT2D eigenvalue weighted by atomic mass is 31.2. The third-order valence-corrected chi connectivity index (χ3v) is 15.3. The number of unbranched alkanes of at least 4 members (excludes halogenated alkanes) is 41. The number of likely N-dealkylation sites (N-methyl/N-ethyl adjacent to an activating group) is 1. The zero-order valence-electron chi connectivity index (χ0n) is 48.6. The molecule has 0 aliphatic rings. The number of nitrogens with one attached hydrogen (secondary N) is 1. The molecule has 0 heterocycles. The van der Waals surface area contributed by atoms with E-state index in [0.29, 0.717) is 17.4 Å². The van der Waals surface area contributed by atoms with Crippen LogP contribution in [-0.4, -0.2) is 68.5 Å². The van der Waals surface area contributed by atoms with Gasteiger partial charge in [-0.2, -0.15) is 0 Å². The quantitative estimate of drug-likeness (QED) is 0.0272. The van der Waals surface area contributed by atoms with Gasteiger partial charge in [0.2, 0.25) is 5.91 Å². The van der Waals surface area contributed by atoms with E-state index in [-0.39, 0.29) is 19.1 Å². The first-order valence-electron chi connectivity index (χ1n) is 31.4. The van der Waals surface area contributed by atoms with E-state index in [1.165, 1.54) is 244 Å². The minimum absolute atomic E-state index is 0.000633. The maximum Gasteiger partial charge on any atom is 0.268 e. The van der Waals surface area contributed by atoms with Crippen molar-refractivity contribution in [1.29, 1.82) is 0 Å². The third kappa shape index (κ3) is 56.4. The zero-order chi connectivity index (χ0) is 52.7. The van der Waals surface area contributed by atoms with Crippen LogP contribution in [0.1, 0.15) is 309 Å². The molecule has 2 N–H and O–H groups in total. The monoisotopic (exact) mass is 1030 g/mol. The highest BCUT2D eigenvalue weighted by molar-refractivity contribution is 7.45. The Morgan fingerprint density at radius 2 is 0.806 bits per heavy atom. The molecule has 9 heteroatoms. The number of hydrogen-bond acceptors (Lipinski definition) is 6. The van der Waals surface area contributed by atoms with Gasteiger partial charge in [0.25, 0.3) is 7.82 Å². The third-order valence-electron chi connectivity index (χ3n) is 14.3. The summed E-state index contributed by atoms with van der Waals surface area (Å²) in [5.41, 5.74) is 0. The molecule has 3 unspecified atom stereocenters. The number of quaternary nitrogens is 1. The van der Waals surface area contributed by atoms with Crippen LogP contribution in [0.25, 0.3) is 0 Å². The van der Waals surface area contributed by atoms with E-state index in [1.807, 2.05) is 27.2 Å². The molecule has 0 rings (SSSR count). The summed E-state index contributed by atoms with van der Waals surface area (Å²) >= 11 is 0. The Morgan fingerprint density at radius 1 is 0.486 bits per heavy atom. The van der Waals surface area contributed by atoms with Crippen molar-refractivity contribution in [3.05, 3.63) is 36.5 Å². The normalized spacial score (nSPS) is 14.0. The van der Waals surface area contributed by atoms with E-state index < -0.39 is 20.0 Å². The first-order valence-corrected chi connectivity index (χ1v) is 32.8. The summed E-state index contributed by atoms with van der Waals surface area (Å²) in [6, 6.07) is -0.888. The molecule has 0 aromatic heterocycles. The molecular weight excluding hydrogens is 912 g/mol. The number of allylic oxidation sites excluding steroid dienone is 5. The largest absolute Gasteiger partial charge is 0.756 e. The minimum Gasteiger partial charge on any atom is -0.756 e. The van der Waals surface area contributed by atoms with Gasteiger partial charge in [-0.15, -0.1) is 0 Å². The number of carbonyl (C=O) groups is 1. The number of rotatable bonds is 58. The van der Waals surface area contributed by atoms with Gasteiger partial charge in [-0.3, -0.25) is 9.36 Å². The molecule has 8 nitrogen and oxygen atoms in total. The lowest BCUT2D eigenvalue weighted by molar-refractivity contribution is -0.870. The number of hydrogen-bond donors (Lipinski definition) is 2. The molecule has 0 aliphatic heterocycles. The Morgan fingerprint density at radius 3 is 1.15 bits per heavy atom. The van der Waals surface area contributed by atoms with E-state index in [2.05, 4.69) is 43.5 Å². The van der Waals surface area contributed by atoms with Crippen molar-refractivity contribution >= 4 is 13.7 Å². The second kappa shape index (κ2) is 54.5. The van der Waals surface area contributed by atoms with Gasteiger partial charge < -0.3 is 28.8 Å². The molecule has 0 spiro atoms. The van der Waals surface area contributed by atoms with Crippen molar-refractivity contribution in [2.75, 3.05) is 40.9 Å². The SMILES string of the molecule is CCCCCCC/C=C\C/C=C\CCCCCCCCCCCCCC(=O)NC(COP(=O)([O-])OCC[N+](C)(C)C)C(O)/C=C/CCCCCCCCCCCCCCCCCCCCCCCCCCC. The molecule has 3 atom stereocenters. The predicted octanol–water partition coefficient (Wildman–Crippen LogP) is 18.7. The number of phosphoric acid groups is 1. The fourth-order valence-electron chi connectivity index (χ4n) is 9.42. The Bertz CT molecular complexity index is 1270. The van der Waals surface area contributed by atoms with E-state index in [1.54, 1.807) is 6.08 Å². The van der Waals surface area contributed by atoms with Crippen LogP contribution in [0.3, 0.4) is 0 Å². The van der Waals surface area contributed by atoms with Crippen LogP contribution in [-0.2, 0) is 18.4 Å². The lowest BCUT2D eigenvalue weighted by Crippen LogP contribution is -2.45. The number of amides is 1. The van der Waals surface area contributed by atoms with Crippen molar-refractivity contribution in [2.24, 2.45) is 0 Å². The first-order chi connectivity index (χ1) is 35.0. The van der Waals surface area contributed by atoms with E-state index in [4.69, 9.17) is 9.05 Å². The van der Waals surface area contributed by atoms with Gasteiger partial charge in [-0.05, 0) is 51.4 Å². The summed E-state index contributed by atoms with van der Waals surface area (Å²) in [6.45, 7) is 4.68. The van der Waals surface area contributed by atoms with Crippen LogP contribution >= 0.6 is 7.82 Å². The molecule has 0 saturated carbocycles. The Kier molecular flexibility index (Phi) is 53.5. The van der Waals surface area contributed by atoms with Crippen molar-refractivity contribution in [3.63, 3.8) is 0 Å². The number of phosphoric ester groups is 1. The molecule has 72 heavy (non-hydrogen) atoms. The number of aliphatic hydroxyl groups is 1. The minimum atomic E-state index is -4.60. The Hall–Kier alpha value is -1.28. The van der Waals surface area contributed by atoms with Gasteiger partial charge >= 0.3 is 0 Å². The topological polar surface area (TPSA) is 108 Å². The molecule has 0 fully saturated rings. The van der Waals surface area contributed by atoms with Crippen LogP contribution < -0.4 is 10.2 Å². The number of aliphatic hydroxyl groups excluding tert-OH is 1. The fraction of sp³-hybridized carbons (Fsp3) is 0.889. The van der Waals surface area contributed by atoms with Crippen LogP contribution in [0, 0.1) is 0 Å². The van der Waals surface area contributed by atoms with E-state index in [0.717, 1.165) is 44.9 Å². The summed E-state index contributed by atoms with van der Waals surface area (Å²) in [5, 5.41) is 13.9. The van der Waals surface area contributed by atoms with Gasteiger partial charge in [-0.25, -0.2) is 0 Å². The lowest BCUT2D eigenvalue weighted by atomic mass is 10.0. The first kappa shape index (κ1) is 70.7. The smallest absolute Gasteiger partial charge is 0.268 e. The summed E-state index contributed by atoms with van der Waals surface area (Å²) in [6.07, 6.45) is 70.9. The maximum atomic E-state index is 13.0. The molecule has 0 aromatic rings. The summed E-state index contributed by atoms with van der Waals surface area (Å²) < 4.78 is 23.4. The van der Waals surface area contributed by atoms with Gasteiger partial charge in [0.05, 0.1) is 39.9 Å². The van der Waals surface area contributed by atoms with Gasteiger partial charge in [0.15, 0.2) is 0 Å². The van der Waals surface area contributed by atoms with Crippen molar-refractivity contribution < 1.29 is 32.9 Å². The number of carbonyl (C=O) groups excluding carboxylic acids is 1. The molecule has 1 amide bonds. The molecule has 426 valence electrons. The molecule has 0 radical (unpaired) electrons. The molecule has 0 aliphatic carbocycles. The zero-order valence-corrected chi connectivity index (χ0v) is 49.5. The van der Waals surface area contributed by atoms with Crippen LogP contribution in [0.4, 0.5) is 0 Å². The number of nitrogens with zero attached hydrogens (tertiary/aromatic N) is 1. The van der Waals surface area contributed by atoms with Crippen LogP contribution in [0.15, 0.2) is 36.5 Å². The summed E-state index contributed by atoms with van der Waals surface area (Å²) in [4.78, 5) is 25.6. The van der Waals surface area contributed by atoms with Crippen molar-refractivity contribution in [3.8, 4) is 0 Å². The lowest BCUT2D eigenvalue weighted by Gasteiger charge is -2.29. The van der Waals surface area contributed by atoms with Gasteiger partial charge in [-0.1, -0.05) is 288 Å². The van der Waals surface area contributed by atoms with Crippen LogP contribution in [0.2, 0.25) is 0 Å². The van der Waals surface area contributed by atoms with E-state index >= 15 is 0 Å². The van der Waals surface area contributed by atoms with Crippen LogP contribution in [0.5, 0.6) is 0 Å². The molecule has 0 aromatic carbocycles. The van der Waals surface area contributed by atoms with Crippen molar-refractivity contribution in [1.82, 2.24) is 5.32 Å². The van der Waals surface area contributed by atoms with Gasteiger partial charge in [0.1, 0.15) is 13.2 Å². The summed E-state index contributed by atoms with van der Waals surface area (Å²) in [5.74, 6) is -0.196. The average Bonchev–Trinajstić information content (AvgIpc) is 3.34. The molecular formula is C63H123N2O6P. The maximum absolute atomic E-state index is 13.0. The molecule has 0 bridgehead atoms. The average molecular weight is 1040 g/mol. The second-order valence-corrected chi connectivity index (χ2v) is 24.2. The van der Waals surface area contributed by atoms with Gasteiger partial charge in [0, 0.05) is 6.42 Å². The van der Waals surface area contributed by atoms with E-state index in [9.17, 15) is 19.4 Å². The standard InChI is InChI=1S/C63H123N2O6P/c1-6-8-10-12-14-16-18-20-22-24-26-28-30-31-32-33-35-36-38-40-42-44-46-48-50-52-54-56-62(66)61(60-71-72(68,69)70-59-58-65(3,4)5)64-63(67)57-55-53-51-49-47-45-43-41-39-37-34-29-27-25-23-21-19-17-15-13-11-9-7-2/h19,21,25,27,54,56,61-62,66H,6-18,20,22-24,26,28-53,55,57-60H2,1-5H3,(H-,64,67,68,69)/b21-19-,27-25-,56-54+. The Balaban J connectivity index is 4.15. The highest BCUT2D eigenvalue weighted by Gasteiger charge is 2.23. The van der Waals surface area contributed by atoms with Crippen molar-refractivity contribution in [2.45, 2.75) is 321 Å². The molecule has 0 saturated heterocycles. The Labute approximate surface area is 448 Å². The fourth-order valence-corrected chi connectivity index (χ4v) is 10.1. The highest BCUT2D eigenvalue weighted by Crippen LogP contribution is 2.38. The summed E-state index contributed by atoms with van der Waals surface area (Å²) in [7, 11) is 1.27. The second-order valence-electron chi connectivity index (χ2n) is 22.8.